The van der Waals surface area contributed by atoms with Crippen molar-refractivity contribution in [3.8, 4) is 0 Å². The first-order chi connectivity index (χ1) is 6.60. The van der Waals surface area contributed by atoms with E-state index in [-0.39, 0.29) is 12.1 Å². The Morgan fingerprint density at radius 1 is 1.21 bits per heavy atom. The van der Waals surface area contributed by atoms with E-state index in [4.69, 9.17) is 0 Å². The number of hydrogen-bond donors (Lipinski definition) is 1. The third kappa shape index (κ3) is 2.51. The number of likely N-dealkylation sites (N-methyl/N-ethyl adjacent to an activating group) is 1. The molecule has 0 aliphatic carbocycles. The maximum atomic E-state index is 13.3. The summed E-state index contributed by atoms with van der Waals surface area (Å²) < 4.78 is 26.7. The van der Waals surface area contributed by atoms with Gasteiger partial charge >= 0.3 is 0 Å². The van der Waals surface area contributed by atoms with Crippen LogP contribution >= 0.6 is 0 Å². The Morgan fingerprint density at radius 3 is 2.21 bits per heavy atom. The van der Waals surface area contributed by atoms with Gasteiger partial charge in [0.15, 0.2) is 0 Å². The molecule has 0 saturated carbocycles. The summed E-state index contributed by atoms with van der Waals surface area (Å²) in [4.78, 5) is 0. The van der Waals surface area contributed by atoms with E-state index >= 15 is 0 Å². The van der Waals surface area contributed by atoms with Crippen LogP contribution in [-0.2, 0) is 12.3 Å². The molecule has 0 spiro atoms. The van der Waals surface area contributed by atoms with Crippen molar-refractivity contribution < 1.29 is 8.78 Å². The van der Waals surface area contributed by atoms with E-state index in [1.165, 1.54) is 19.2 Å². The van der Waals surface area contributed by atoms with Gasteiger partial charge in [0.05, 0.1) is 6.54 Å². The van der Waals surface area contributed by atoms with Crippen LogP contribution in [0.4, 0.5) is 8.78 Å². The molecule has 0 radical (unpaired) electrons. The van der Waals surface area contributed by atoms with Crippen molar-refractivity contribution in [2.24, 2.45) is 0 Å². The maximum absolute atomic E-state index is 13.3. The molecule has 3 heteroatoms. The number of hydrogen-bond acceptors (Lipinski definition) is 1. The van der Waals surface area contributed by atoms with E-state index in [0.29, 0.717) is 0 Å². The van der Waals surface area contributed by atoms with Gasteiger partial charge in [0.2, 0.25) is 0 Å². The lowest BCUT2D eigenvalue weighted by molar-refractivity contribution is -0.00126. The average molecular weight is 199 g/mol. The summed E-state index contributed by atoms with van der Waals surface area (Å²) in [6.07, 6.45) is 0.873. The largest absolute Gasteiger partial charge is 0.314 e. The van der Waals surface area contributed by atoms with Crippen molar-refractivity contribution in [3.63, 3.8) is 0 Å². The van der Waals surface area contributed by atoms with Gasteiger partial charge in [-0.25, -0.2) is 0 Å². The van der Waals surface area contributed by atoms with E-state index in [1.807, 2.05) is 6.92 Å². The molecule has 0 bridgehead atoms. The predicted molar refractivity (Wildman–Crippen MR) is 53.6 cm³/mol. The Kier molecular flexibility index (Phi) is 3.58. The van der Waals surface area contributed by atoms with Crippen molar-refractivity contribution in [1.82, 2.24) is 5.32 Å². The Bertz CT molecular complexity index is 280. The van der Waals surface area contributed by atoms with Crippen LogP contribution in [0.2, 0.25) is 0 Å². The van der Waals surface area contributed by atoms with Gasteiger partial charge in [0.25, 0.3) is 5.92 Å². The molecule has 0 fully saturated rings. The Hall–Kier alpha value is -0.960. The Balaban J connectivity index is 2.85. The van der Waals surface area contributed by atoms with Crippen LogP contribution in [0, 0.1) is 0 Å². The van der Waals surface area contributed by atoms with Gasteiger partial charge in [-0.05, 0) is 19.0 Å². The van der Waals surface area contributed by atoms with E-state index in [9.17, 15) is 8.78 Å². The average Bonchev–Trinajstić information content (AvgIpc) is 2.18. The molecule has 1 aromatic rings. The van der Waals surface area contributed by atoms with Crippen LogP contribution in [0.1, 0.15) is 18.1 Å². The lowest BCUT2D eigenvalue weighted by atomic mass is 10.1. The van der Waals surface area contributed by atoms with Crippen molar-refractivity contribution in [2.75, 3.05) is 13.6 Å². The maximum Gasteiger partial charge on any atom is 0.285 e. The first-order valence-electron chi connectivity index (χ1n) is 4.72. The molecular formula is C11H15F2N. The number of alkyl halides is 2. The predicted octanol–water partition coefficient (Wildman–Crippen LogP) is 2.56. The highest BCUT2D eigenvalue weighted by Crippen LogP contribution is 2.27. The highest BCUT2D eigenvalue weighted by molar-refractivity contribution is 5.26. The fourth-order valence-corrected chi connectivity index (χ4v) is 1.31. The topological polar surface area (TPSA) is 12.0 Å². The molecule has 1 aromatic carbocycles. The standard InChI is InChI=1S/C11H15F2N/c1-3-9-4-6-10(7-5-9)11(12,13)8-14-2/h4-7,14H,3,8H2,1-2H3. The van der Waals surface area contributed by atoms with Gasteiger partial charge in [-0.2, -0.15) is 8.78 Å². The molecule has 0 heterocycles. The second-order valence-electron chi connectivity index (χ2n) is 3.29. The quantitative estimate of drug-likeness (QED) is 0.785. The molecule has 1 N–H and O–H groups in total. The zero-order valence-electron chi connectivity index (χ0n) is 8.48. The van der Waals surface area contributed by atoms with E-state index in [2.05, 4.69) is 5.32 Å². The number of aryl methyl sites for hydroxylation is 1. The highest BCUT2D eigenvalue weighted by atomic mass is 19.3. The minimum atomic E-state index is -2.78. The van der Waals surface area contributed by atoms with Crippen molar-refractivity contribution in [3.05, 3.63) is 35.4 Å². The van der Waals surface area contributed by atoms with Gasteiger partial charge in [-0.1, -0.05) is 31.2 Å². The summed E-state index contributed by atoms with van der Waals surface area (Å²) in [5.74, 6) is -2.78. The second-order valence-corrected chi connectivity index (χ2v) is 3.29. The first-order valence-corrected chi connectivity index (χ1v) is 4.72. The molecule has 78 valence electrons. The summed E-state index contributed by atoms with van der Waals surface area (Å²) >= 11 is 0. The van der Waals surface area contributed by atoms with Gasteiger partial charge in [0.1, 0.15) is 0 Å². The minimum Gasteiger partial charge on any atom is -0.314 e. The fraction of sp³-hybridized carbons (Fsp3) is 0.455. The molecule has 0 aromatic heterocycles. The third-order valence-corrected chi connectivity index (χ3v) is 2.18. The zero-order chi connectivity index (χ0) is 10.6. The monoisotopic (exact) mass is 199 g/mol. The van der Waals surface area contributed by atoms with Crippen molar-refractivity contribution >= 4 is 0 Å². The number of halogens is 2. The third-order valence-electron chi connectivity index (χ3n) is 2.18. The minimum absolute atomic E-state index is 0.0732. The highest BCUT2D eigenvalue weighted by Gasteiger charge is 2.29. The normalized spacial score (nSPS) is 11.7. The van der Waals surface area contributed by atoms with Crippen LogP contribution in [0.15, 0.2) is 24.3 Å². The van der Waals surface area contributed by atoms with Gasteiger partial charge in [-0.15, -0.1) is 0 Å². The van der Waals surface area contributed by atoms with Gasteiger partial charge < -0.3 is 5.32 Å². The van der Waals surface area contributed by atoms with Crippen LogP contribution in [0.25, 0.3) is 0 Å². The lowest BCUT2D eigenvalue weighted by Crippen LogP contribution is -2.27. The Labute approximate surface area is 83.1 Å². The summed E-state index contributed by atoms with van der Waals surface area (Å²) in [6.45, 7) is 1.68. The zero-order valence-corrected chi connectivity index (χ0v) is 8.48. The molecule has 0 amide bonds. The summed E-state index contributed by atoms with van der Waals surface area (Å²) in [7, 11) is 1.52. The van der Waals surface area contributed by atoms with Crippen LogP contribution < -0.4 is 5.32 Å². The summed E-state index contributed by atoms with van der Waals surface area (Å²) in [5, 5.41) is 2.49. The van der Waals surface area contributed by atoms with Crippen LogP contribution in [-0.4, -0.2) is 13.6 Å². The van der Waals surface area contributed by atoms with Crippen molar-refractivity contribution in [1.29, 1.82) is 0 Å². The van der Waals surface area contributed by atoms with E-state index < -0.39 is 5.92 Å². The van der Waals surface area contributed by atoms with Crippen molar-refractivity contribution in [2.45, 2.75) is 19.3 Å². The van der Waals surface area contributed by atoms with E-state index in [0.717, 1.165) is 12.0 Å². The first kappa shape index (κ1) is 11.1. The molecule has 0 saturated heterocycles. The molecule has 14 heavy (non-hydrogen) atoms. The molecule has 0 aliphatic rings. The molecule has 0 atom stereocenters. The lowest BCUT2D eigenvalue weighted by Gasteiger charge is -2.16. The smallest absolute Gasteiger partial charge is 0.285 e. The van der Waals surface area contributed by atoms with Gasteiger partial charge in [-0.3, -0.25) is 0 Å². The molecule has 0 unspecified atom stereocenters. The van der Waals surface area contributed by atoms with Crippen LogP contribution in [0.5, 0.6) is 0 Å². The van der Waals surface area contributed by atoms with E-state index in [1.54, 1.807) is 12.1 Å². The SMILES string of the molecule is CCc1ccc(C(F)(F)CNC)cc1. The summed E-state index contributed by atoms with van der Waals surface area (Å²) in [6, 6.07) is 6.49. The number of nitrogens with one attached hydrogen (secondary N) is 1. The summed E-state index contributed by atoms with van der Waals surface area (Å²) in [5.41, 5.74) is 1.15. The number of benzene rings is 1. The molecular weight excluding hydrogens is 184 g/mol. The fourth-order valence-electron chi connectivity index (χ4n) is 1.31. The van der Waals surface area contributed by atoms with Crippen LogP contribution in [0.3, 0.4) is 0 Å². The molecule has 0 aliphatic heterocycles. The van der Waals surface area contributed by atoms with Gasteiger partial charge in [0, 0.05) is 5.56 Å². The second kappa shape index (κ2) is 4.51. The molecule has 1 rings (SSSR count). The Morgan fingerprint density at radius 2 is 1.79 bits per heavy atom. The number of rotatable bonds is 4. The molecule has 1 nitrogen and oxygen atoms in total.